The fourth-order valence-electron chi connectivity index (χ4n) is 3.62. The Morgan fingerprint density at radius 1 is 0.774 bits per heavy atom. The van der Waals surface area contributed by atoms with Crippen LogP contribution >= 0.6 is 0 Å². The monoisotopic (exact) mass is 423 g/mol. The van der Waals surface area contributed by atoms with E-state index in [4.69, 9.17) is 4.74 Å². The number of aryl methyl sites for hydroxylation is 1. The highest BCUT2D eigenvalue weighted by molar-refractivity contribution is 5.85. The molecule has 3 heteroatoms. The van der Waals surface area contributed by atoms with Crippen LogP contribution in [0.3, 0.4) is 0 Å². The van der Waals surface area contributed by atoms with Crippen molar-refractivity contribution in [1.82, 2.24) is 0 Å². The molecular weight excluding hydrogens is 382 g/mol. The average Bonchev–Trinajstić information content (AvgIpc) is 2.79. The van der Waals surface area contributed by atoms with Gasteiger partial charge in [-0.1, -0.05) is 83.8 Å². The van der Waals surface area contributed by atoms with Crippen LogP contribution in [-0.4, -0.2) is 17.9 Å². The first kappa shape index (κ1) is 25.0. The molecule has 0 atom stereocenters. The Kier molecular flexibility index (Phi) is 12.5. The third-order valence-electron chi connectivity index (χ3n) is 5.63. The third-order valence-corrected chi connectivity index (χ3v) is 5.63. The van der Waals surface area contributed by atoms with Gasteiger partial charge in [0.05, 0.1) is 12.3 Å². The molecular formula is C28H41NO2. The van der Waals surface area contributed by atoms with Gasteiger partial charge < -0.3 is 9.84 Å². The van der Waals surface area contributed by atoms with E-state index in [0.29, 0.717) is 17.9 Å². The molecule has 0 spiro atoms. The molecule has 1 N–H and O–H groups in total. The zero-order valence-corrected chi connectivity index (χ0v) is 19.6. The van der Waals surface area contributed by atoms with Crippen molar-refractivity contribution in [2.24, 2.45) is 4.99 Å². The summed E-state index contributed by atoms with van der Waals surface area (Å²) in [6.07, 6.45) is 16.9. The van der Waals surface area contributed by atoms with Crippen molar-refractivity contribution < 1.29 is 9.84 Å². The van der Waals surface area contributed by atoms with Crippen molar-refractivity contribution in [1.29, 1.82) is 0 Å². The minimum Gasteiger partial charge on any atom is -0.507 e. The lowest BCUT2D eigenvalue weighted by Crippen LogP contribution is -1.97. The molecule has 0 unspecified atom stereocenters. The Bertz CT molecular complexity index is 752. The van der Waals surface area contributed by atoms with Crippen LogP contribution in [0.4, 0.5) is 5.69 Å². The first-order valence-corrected chi connectivity index (χ1v) is 12.3. The summed E-state index contributed by atoms with van der Waals surface area (Å²) in [6.45, 7) is 5.17. The smallest absolute Gasteiger partial charge is 0.128 e. The van der Waals surface area contributed by atoms with E-state index in [1.54, 1.807) is 12.3 Å². The molecule has 0 saturated heterocycles. The molecule has 0 radical (unpaired) electrons. The van der Waals surface area contributed by atoms with E-state index < -0.39 is 0 Å². The van der Waals surface area contributed by atoms with Gasteiger partial charge in [0.25, 0.3) is 0 Å². The molecule has 0 aliphatic heterocycles. The Morgan fingerprint density at radius 2 is 1.42 bits per heavy atom. The van der Waals surface area contributed by atoms with Crippen LogP contribution in [0.5, 0.6) is 11.5 Å². The summed E-state index contributed by atoms with van der Waals surface area (Å²) in [5.74, 6) is 0.913. The SMILES string of the molecule is CCCCCCCCc1ccc(N=Cc2ccc(OCCCCCCC)cc2O)cc1. The van der Waals surface area contributed by atoms with Crippen LogP contribution < -0.4 is 4.74 Å². The number of hydrogen-bond donors (Lipinski definition) is 1. The molecule has 0 fully saturated rings. The van der Waals surface area contributed by atoms with E-state index in [1.165, 1.54) is 69.8 Å². The lowest BCUT2D eigenvalue weighted by Gasteiger charge is -2.07. The lowest BCUT2D eigenvalue weighted by molar-refractivity contribution is 0.303. The summed E-state index contributed by atoms with van der Waals surface area (Å²) < 4.78 is 5.75. The maximum absolute atomic E-state index is 10.3. The van der Waals surface area contributed by atoms with Gasteiger partial charge in [-0.25, -0.2) is 0 Å². The van der Waals surface area contributed by atoms with Crippen molar-refractivity contribution in [3.05, 3.63) is 53.6 Å². The predicted molar refractivity (Wildman–Crippen MR) is 133 cm³/mol. The van der Waals surface area contributed by atoms with Gasteiger partial charge in [0.15, 0.2) is 0 Å². The maximum atomic E-state index is 10.3. The van der Waals surface area contributed by atoms with Gasteiger partial charge in [-0.3, -0.25) is 4.99 Å². The number of ether oxygens (including phenoxy) is 1. The van der Waals surface area contributed by atoms with Crippen LogP contribution in [0.1, 0.15) is 95.6 Å². The van der Waals surface area contributed by atoms with Crippen molar-refractivity contribution in [3.63, 3.8) is 0 Å². The maximum Gasteiger partial charge on any atom is 0.128 e. The molecule has 0 heterocycles. The first-order chi connectivity index (χ1) is 15.2. The van der Waals surface area contributed by atoms with Gasteiger partial charge in [-0.2, -0.15) is 0 Å². The molecule has 2 rings (SSSR count). The van der Waals surface area contributed by atoms with Crippen LogP contribution in [-0.2, 0) is 6.42 Å². The molecule has 0 aliphatic rings. The van der Waals surface area contributed by atoms with Crippen LogP contribution in [0.2, 0.25) is 0 Å². The summed E-state index contributed by atoms with van der Waals surface area (Å²) >= 11 is 0. The molecule has 0 saturated carbocycles. The third kappa shape index (κ3) is 10.5. The highest BCUT2D eigenvalue weighted by Gasteiger charge is 2.02. The number of phenolic OH excluding ortho intramolecular Hbond substituents is 1. The highest BCUT2D eigenvalue weighted by atomic mass is 16.5. The van der Waals surface area contributed by atoms with Crippen molar-refractivity contribution in [2.75, 3.05) is 6.61 Å². The average molecular weight is 424 g/mol. The first-order valence-electron chi connectivity index (χ1n) is 12.3. The fraction of sp³-hybridized carbons (Fsp3) is 0.536. The Balaban J connectivity index is 1.75. The summed E-state index contributed by atoms with van der Waals surface area (Å²) in [7, 11) is 0. The van der Waals surface area contributed by atoms with E-state index in [1.807, 2.05) is 12.1 Å². The lowest BCUT2D eigenvalue weighted by atomic mass is 10.0. The van der Waals surface area contributed by atoms with E-state index in [-0.39, 0.29) is 5.75 Å². The predicted octanol–water partition coefficient (Wildman–Crippen LogP) is 8.40. The second kappa shape index (κ2) is 15.5. The number of benzene rings is 2. The largest absolute Gasteiger partial charge is 0.507 e. The summed E-state index contributed by atoms with van der Waals surface area (Å²) in [4.78, 5) is 4.52. The molecule has 0 amide bonds. The zero-order chi connectivity index (χ0) is 22.2. The highest BCUT2D eigenvalue weighted by Crippen LogP contribution is 2.24. The molecule has 0 bridgehead atoms. The van der Waals surface area contributed by atoms with E-state index in [0.717, 1.165) is 18.5 Å². The minimum absolute atomic E-state index is 0.201. The van der Waals surface area contributed by atoms with E-state index in [9.17, 15) is 5.11 Å². The Hall–Kier alpha value is -2.29. The van der Waals surface area contributed by atoms with Gasteiger partial charge in [-0.05, 0) is 49.1 Å². The molecule has 0 aliphatic carbocycles. The number of nitrogens with zero attached hydrogens (tertiary/aromatic N) is 1. The molecule has 0 aromatic heterocycles. The summed E-state index contributed by atoms with van der Waals surface area (Å²) in [5.41, 5.74) is 2.97. The molecule has 2 aromatic rings. The van der Waals surface area contributed by atoms with Crippen molar-refractivity contribution >= 4 is 11.9 Å². The molecule has 170 valence electrons. The van der Waals surface area contributed by atoms with Gasteiger partial charge in [0.2, 0.25) is 0 Å². The topological polar surface area (TPSA) is 41.8 Å². The van der Waals surface area contributed by atoms with E-state index in [2.05, 4.69) is 43.1 Å². The van der Waals surface area contributed by atoms with Crippen LogP contribution in [0.25, 0.3) is 0 Å². The van der Waals surface area contributed by atoms with Gasteiger partial charge >= 0.3 is 0 Å². The van der Waals surface area contributed by atoms with E-state index >= 15 is 0 Å². The Morgan fingerprint density at radius 3 is 2.10 bits per heavy atom. The standard InChI is InChI=1S/C28H41NO2/c1-3-5-7-9-10-12-14-24-15-18-26(19-16-24)29-23-25-17-20-27(22-28(25)30)31-21-13-11-8-6-4-2/h15-20,22-23,30H,3-14,21H2,1-2H3. The Labute approximate surface area is 189 Å². The van der Waals surface area contributed by atoms with Gasteiger partial charge in [-0.15, -0.1) is 0 Å². The molecule has 31 heavy (non-hydrogen) atoms. The van der Waals surface area contributed by atoms with Crippen molar-refractivity contribution in [3.8, 4) is 11.5 Å². The van der Waals surface area contributed by atoms with Crippen molar-refractivity contribution in [2.45, 2.75) is 90.9 Å². The number of unbranched alkanes of at least 4 members (excludes halogenated alkanes) is 9. The number of phenols is 1. The second-order valence-electron chi connectivity index (χ2n) is 8.43. The summed E-state index contributed by atoms with van der Waals surface area (Å²) in [6, 6.07) is 13.9. The summed E-state index contributed by atoms with van der Waals surface area (Å²) in [5, 5.41) is 10.3. The number of rotatable bonds is 16. The van der Waals surface area contributed by atoms with Crippen LogP contribution in [0.15, 0.2) is 47.5 Å². The van der Waals surface area contributed by atoms with Gasteiger partial charge in [0, 0.05) is 17.8 Å². The normalized spacial score (nSPS) is 11.3. The quantitative estimate of drug-likeness (QED) is 0.217. The van der Waals surface area contributed by atoms with Crippen LogP contribution in [0, 0.1) is 0 Å². The zero-order valence-electron chi connectivity index (χ0n) is 19.6. The second-order valence-corrected chi connectivity index (χ2v) is 8.43. The molecule has 3 nitrogen and oxygen atoms in total. The fourth-order valence-corrected chi connectivity index (χ4v) is 3.62. The number of hydrogen-bond acceptors (Lipinski definition) is 3. The minimum atomic E-state index is 0.201. The molecule has 2 aromatic carbocycles. The van der Waals surface area contributed by atoms with Gasteiger partial charge in [0.1, 0.15) is 11.5 Å². The number of aliphatic imine (C=N–C) groups is 1. The number of aromatic hydroxyl groups is 1.